The van der Waals surface area contributed by atoms with Gasteiger partial charge in [-0.1, -0.05) is 30.3 Å². The highest BCUT2D eigenvalue weighted by Gasteiger charge is 2.54. The van der Waals surface area contributed by atoms with Crippen LogP contribution in [-0.4, -0.2) is 30.9 Å². The van der Waals surface area contributed by atoms with Crippen molar-refractivity contribution in [1.82, 2.24) is 4.90 Å². The molecule has 0 saturated carbocycles. The van der Waals surface area contributed by atoms with E-state index in [1.807, 2.05) is 36.4 Å². The molecule has 0 N–H and O–H groups in total. The predicted octanol–water partition coefficient (Wildman–Crippen LogP) is 5.71. The van der Waals surface area contributed by atoms with E-state index in [0.29, 0.717) is 22.6 Å². The van der Waals surface area contributed by atoms with Crippen molar-refractivity contribution >= 4 is 27.8 Å². The van der Waals surface area contributed by atoms with Gasteiger partial charge in [0.05, 0.1) is 25.8 Å². The number of fused-ring (bicyclic) bond motifs is 3. The third-order valence-corrected chi connectivity index (χ3v) is 5.99. The molecule has 32 heavy (non-hydrogen) atoms. The minimum Gasteiger partial charge on any atom is -0.496 e. The van der Waals surface area contributed by atoms with Crippen LogP contribution in [0.4, 0.5) is 8.78 Å². The van der Waals surface area contributed by atoms with Gasteiger partial charge in [0.25, 0.3) is 5.91 Å². The van der Waals surface area contributed by atoms with Crippen molar-refractivity contribution in [2.45, 2.75) is 24.9 Å². The Morgan fingerprint density at radius 2 is 1.66 bits per heavy atom. The van der Waals surface area contributed by atoms with Crippen LogP contribution in [0.25, 0.3) is 21.9 Å². The molecule has 1 unspecified atom stereocenters. The highest BCUT2D eigenvalue weighted by atomic mass is 19.3. The molecule has 1 aromatic heterocycles. The second-order valence-electron chi connectivity index (χ2n) is 7.86. The van der Waals surface area contributed by atoms with Crippen LogP contribution < -0.4 is 9.47 Å². The summed E-state index contributed by atoms with van der Waals surface area (Å²) in [6.45, 7) is 0.0236. The molecular formula is C25H21F2NO4. The number of carbonyl (C=O) groups excluding carboxylic acids is 1. The van der Waals surface area contributed by atoms with Crippen LogP contribution in [0, 0.1) is 0 Å². The lowest BCUT2D eigenvalue weighted by Gasteiger charge is -2.27. The van der Waals surface area contributed by atoms with E-state index in [0.717, 1.165) is 21.9 Å². The number of benzene rings is 3. The van der Waals surface area contributed by atoms with Crippen LogP contribution in [0.15, 0.2) is 65.1 Å². The molecule has 0 bridgehead atoms. The second-order valence-corrected chi connectivity index (χ2v) is 7.86. The fourth-order valence-corrected chi connectivity index (χ4v) is 4.51. The first kappa shape index (κ1) is 20.3. The maximum absolute atomic E-state index is 14.6. The van der Waals surface area contributed by atoms with Gasteiger partial charge in [-0.25, -0.2) is 0 Å². The van der Waals surface area contributed by atoms with Crippen LogP contribution in [0.1, 0.15) is 23.6 Å². The molecule has 1 fully saturated rings. The zero-order chi connectivity index (χ0) is 22.5. The summed E-state index contributed by atoms with van der Waals surface area (Å²) in [5, 5.41) is 1.81. The topological polar surface area (TPSA) is 51.9 Å². The van der Waals surface area contributed by atoms with E-state index in [2.05, 4.69) is 0 Å². The summed E-state index contributed by atoms with van der Waals surface area (Å²) in [6, 6.07) is 17.3. The first-order chi connectivity index (χ1) is 15.4. The lowest BCUT2D eigenvalue weighted by Crippen LogP contribution is -2.33. The van der Waals surface area contributed by atoms with Gasteiger partial charge >= 0.3 is 5.92 Å². The molecule has 0 radical (unpaired) electrons. The fraction of sp³-hybridized carbons (Fsp3) is 0.240. The van der Waals surface area contributed by atoms with Crippen molar-refractivity contribution in [3.63, 3.8) is 0 Å². The SMILES string of the molecule is COc1cccc(OC)c1C1CC(F)(F)C(=O)N1Cc1ccc2oc3ccccc3c2c1. The fourth-order valence-electron chi connectivity index (χ4n) is 4.51. The Morgan fingerprint density at radius 3 is 2.38 bits per heavy atom. The van der Waals surface area contributed by atoms with Gasteiger partial charge in [0, 0.05) is 23.7 Å². The number of halogens is 2. The summed E-state index contributed by atoms with van der Waals surface area (Å²) >= 11 is 0. The first-order valence-corrected chi connectivity index (χ1v) is 10.2. The van der Waals surface area contributed by atoms with Crippen LogP contribution in [-0.2, 0) is 11.3 Å². The van der Waals surface area contributed by atoms with Crippen LogP contribution >= 0.6 is 0 Å². The molecule has 7 heteroatoms. The summed E-state index contributed by atoms with van der Waals surface area (Å²) in [5.41, 5.74) is 2.63. The molecule has 0 spiro atoms. The summed E-state index contributed by atoms with van der Waals surface area (Å²) in [6.07, 6.45) is -0.639. The molecule has 5 nitrogen and oxygen atoms in total. The number of amides is 1. The molecule has 1 aliphatic heterocycles. The molecule has 0 aliphatic carbocycles. The zero-order valence-corrected chi connectivity index (χ0v) is 17.6. The summed E-state index contributed by atoms with van der Waals surface area (Å²) in [7, 11) is 2.94. The van der Waals surface area contributed by atoms with Crippen molar-refractivity contribution in [2.24, 2.45) is 0 Å². The van der Waals surface area contributed by atoms with E-state index in [1.165, 1.54) is 19.1 Å². The third-order valence-electron chi connectivity index (χ3n) is 5.99. The summed E-state index contributed by atoms with van der Waals surface area (Å²) in [4.78, 5) is 13.9. The highest BCUT2D eigenvalue weighted by molar-refractivity contribution is 6.05. The number of carbonyl (C=O) groups is 1. The van der Waals surface area contributed by atoms with E-state index in [1.54, 1.807) is 24.3 Å². The van der Waals surface area contributed by atoms with E-state index in [9.17, 15) is 13.6 Å². The number of para-hydroxylation sites is 1. The Morgan fingerprint density at radius 1 is 0.969 bits per heavy atom. The van der Waals surface area contributed by atoms with Gasteiger partial charge in [-0.3, -0.25) is 4.79 Å². The van der Waals surface area contributed by atoms with Gasteiger partial charge in [0.2, 0.25) is 0 Å². The van der Waals surface area contributed by atoms with E-state index in [4.69, 9.17) is 13.9 Å². The maximum atomic E-state index is 14.6. The molecule has 164 valence electrons. The normalized spacial score (nSPS) is 17.9. The minimum atomic E-state index is -3.47. The quantitative estimate of drug-likeness (QED) is 0.401. The number of hydrogen-bond donors (Lipinski definition) is 0. The highest BCUT2D eigenvalue weighted by Crippen LogP contribution is 2.48. The second kappa shape index (κ2) is 7.51. The van der Waals surface area contributed by atoms with Crippen LogP contribution in [0.2, 0.25) is 0 Å². The predicted molar refractivity (Wildman–Crippen MR) is 116 cm³/mol. The molecule has 2 heterocycles. The third kappa shape index (κ3) is 3.16. The van der Waals surface area contributed by atoms with E-state index >= 15 is 0 Å². The Balaban J connectivity index is 1.58. The number of rotatable bonds is 5. The number of likely N-dealkylation sites (tertiary alicyclic amines) is 1. The molecule has 1 amide bonds. The van der Waals surface area contributed by atoms with Crippen molar-refractivity contribution in [1.29, 1.82) is 0 Å². The molecule has 5 rings (SSSR count). The number of alkyl halides is 2. The summed E-state index contributed by atoms with van der Waals surface area (Å²) < 4.78 is 45.9. The Hall–Kier alpha value is -3.61. The molecule has 1 aliphatic rings. The van der Waals surface area contributed by atoms with Crippen molar-refractivity contribution in [3.05, 3.63) is 71.8 Å². The van der Waals surface area contributed by atoms with Crippen molar-refractivity contribution in [2.75, 3.05) is 14.2 Å². The maximum Gasteiger partial charge on any atom is 0.327 e. The van der Waals surface area contributed by atoms with E-state index in [-0.39, 0.29) is 6.54 Å². The zero-order valence-electron chi connectivity index (χ0n) is 17.6. The number of ether oxygens (including phenoxy) is 2. The monoisotopic (exact) mass is 437 g/mol. The number of nitrogens with zero attached hydrogens (tertiary/aromatic N) is 1. The lowest BCUT2D eigenvalue weighted by molar-refractivity contribution is -0.148. The van der Waals surface area contributed by atoms with Gasteiger partial charge in [0.15, 0.2) is 0 Å². The first-order valence-electron chi connectivity index (χ1n) is 10.2. The van der Waals surface area contributed by atoms with Gasteiger partial charge in [-0.2, -0.15) is 8.78 Å². The Kier molecular flexibility index (Phi) is 4.77. The van der Waals surface area contributed by atoms with Gasteiger partial charge in [-0.15, -0.1) is 0 Å². The number of methoxy groups -OCH3 is 2. The summed E-state index contributed by atoms with van der Waals surface area (Å²) in [5.74, 6) is -3.86. The van der Waals surface area contributed by atoms with E-state index < -0.39 is 24.3 Å². The van der Waals surface area contributed by atoms with Gasteiger partial charge in [-0.05, 0) is 35.9 Å². The molecule has 3 aromatic carbocycles. The molecule has 1 saturated heterocycles. The minimum absolute atomic E-state index is 0.0236. The smallest absolute Gasteiger partial charge is 0.327 e. The molecular weight excluding hydrogens is 416 g/mol. The number of furan rings is 1. The largest absolute Gasteiger partial charge is 0.496 e. The van der Waals surface area contributed by atoms with Crippen LogP contribution in [0.3, 0.4) is 0 Å². The lowest BCUT2D eigenvalue weighted by atomic mass is 10.0. The van der Waals surface area contributed by atoms with Gasteiger partial charge < -0.3 is 18.8 Å². The standard InChI is InChI=1S/C25H21F2NO4/c1-30-21-8-5-9-22(31-2)23(21)18-13-25(26,27)24(29)28(18)14-15-10-11-20-17(12-15)16-6-3-4-7-19(16)32-20/h3-12,18H,13-14H2,1-2H3. The van der Waals surface area contributed by atoms with Crippen molar-refractivity contribution < 1.29 is 27.5 Å². The molecule has 1 atom stereocenters. The Bertz CT molecular complexity index is 1310. The Labute approximate surface area is 183 Å². The van der Waals surface area contributed by atoms with Crippen LogP contribution in [0.5, 0.6) is 11.5 Å². The van der Waals surface area contributed by atoms with Crippen molar-refractivity contribution in [3.8, 4) is 11.5 Å². The number of hydrogen-bond acceptors (Lipinski definition) is 4. The average Bonchev–Trinajstić information content (AvgIpc) is 3.28. The van der Waals surface area contributed by atoms with Gasteiger partial charge in [0.1, 0.15) is 22.7 Å². The average molecular weight is 437 g/mol. The molecule has 4 aromatic rings.